The highest BCUT2D eigenvalue weighted by Crippen LogP contribution is 2.52. The zero-order chi connectivity index (χ0) is 18.9. The minimum atomic E-state index is -0.0632. The summed E-state index contributed by atoms with van der Waals surface area (Å²) in [6.45, 7) is 4.69. The van der Waals surface area contributed by atoms with Gasteiger partial charge in [0, 0.05) is 22.4 Å². The highest BCUT2D eigenvalue weighted by Gasteiger charge is 2.38. The molecule has 2 heterocycles. The molecule has 0 bridgehead atoms. The molecule has 1 aliphatic rings. The van der Waals surface area contributed by atoms with E-state index >= 15 is 0 Å². The molecule has 0 aliphatic heterocycles. The SMILES string of the molecule is CC1(C)c2ccccc2-c2ccc3c4ccccc4n(-c4ccccn4)c3c21. The van der Waals surface area contributed by atoms with Crippen LogP contribution in [0.1, 0.15) is 25.0 Å². The van der Waals surface area contributed by atoms with E-state index in [-0.39, 0.29) is 5.41 Å². The van der Waals surface area contributed by atoms with Crippen molar-refractivity contribution >= 4 is 21.8 Å². The van der Waals surface area contributed by atoms with Crippen LogP contribution in [0.25, 0.3) is 38.8 Å². The van der Waals surface area contributed by atoms with E-state index in [0.717, 1.165) is 5.82 Å². The molecule has 134 valence electrons. The van der Waals surface area contributed by atoms with Crippen molar-refractivity contribution in [3.63, 3.8) is 0 Å². The third kappa shape index (κ3) is 1.85. The normalized spacial score (nSPS) is 14.4. The quantitative estimate of drug-likeness (QED) is 0.334. The van der Waals surface area contributed by atoms with Gasteiger partial charge in [-0.05, 0) is 40.5 Å². The van der Waals surface area contributed by atoms with Gasteiger partial charge in [0.05, 0.1) is 11.0 Å². The third-order valence-corrected chi connectivity index (χ3v) is 6.23. The predicted octanol–water partition coefficient (Wildman–Crippen LogP) is 6.49. The van der Waals surface area contributed by atoms with E-state index in [1.54, 1.807) is 0 Å². The Morgan fingerprint density at radius 3 is 2.36 bits per heavy atom. The van der Waals surface area contributed by atoms with Gasteiger partial charge in [-0.15, -0.1) is 0 Å². The summed E-state index contributed by atoms with van der Waals surface area (Å²) in [5, 5.41) is 2.57. The molecule has 0 N–H and O–H groups in total. The van der Waals surface area contributed by atoms with Crippen LogP contribution < -0.4 is 0 Å². The molecule has 0 saturated heterocycles. The van der Waals surface area contributed by atoms with Crippen LogP contribution in [0.5, 0.6) is 0 Å². The van der Waals surface area contributed by atoms with Crippen molar-refractivity contribution in [1.82, 2.24) is 9.55 Å². The average Bonchev–Trinajstić information content (AvgIpc) is 3.19. The summed E-state index contributed by atoms with van der Waals surface area (Å²) >= 11 is 0. The van der Waals surface area contributed by atoms with Crippen molar-refractivity contribution in [3.05, 3.63) is 96.2 Å². The van der Waals surface area contributed by atoms with Gasteiger partial charge < -0.3 is 0 Å². The average molecular weight is 360 g/mol. The van der Waals surface area contributed by atoms with Crippen molar-refractivity contribution < 1.29 is 0 Å². The number of nitrogens with zero attached hydrogens (tertiary/aromatic N) is 2. The van der Waals surface area contributed by atoms with Crippen LogP contribution in [0.2, 0.25) is 0 Å². The number of para-hydroxylation sites is 1. The molecule has 28 heavy (non-hydrogen) atoms. The molecule has 0 atom stereocenters. The number of aromatic nitrogens is 2. The zero-order valence-corrected chi connectivity index (χ0v) is 16.0. The summed E-state index contributed by atoms with van der Waals surface area (Å²) < 4.78 is 2.34. The molecule has 0 radical (unpaired) electrons. The Morgan fingerprint density at radius 1 is 0.714 bits per heavy atom. The predicted molar refractivity (Wildman–Crippen MR) is 116 cm³/mol. The van der Waals surface area contributed by atoms with Crippen LogP contribution in [0.3, 0.4) is 0 Å². The first-order valence-corrected chi connectivity index (χ1v) is 9.76. The van der Waals surface area contributed by atoms with Gasteiger partial charge in [-0.1, -0.05) is 74.5 Å². The van der Waals surface area contributed by atoms with Crippen LogP contribution in [-0.2, 0) is 5.41 Å². The fourth-order valence-electron chi connectivity index (χ4n) is 5.04. The number of pyridine rings is 1. The molecule has 0 spiro atoms. The maximum atomic E-state index is 4.71. The first-order chi connectivity index (χ1) is 13.7. The maximum absolute atomic E-state index is 4.71. The molecule has 2 heteroatoms. The van der Waals surface area contributed by atoms with Crippen molar-refractivity contribution in [2.24, 2.45) is 0 Å². The summed E-state index contributed by atoms with van der Waals surface area (Å²) in [7, 11) is 0. The minimum Gasteiger partial charge on any atom is -0.293 e. The lowest BCUT2D eigenvalue weighted by atomic mass is 9.81. The van der Waals surface area contributed by atoms with E-state index in [0.29, 0.717) is 0 Å². The van der Waals surface area contributed by atoms with Gasteiger partial charge in [0.1, 0.15) is 5.82 Å². The van der Waals surface area contributed by atoms with Crippen LogP contribution in [-0.4, -0.2) is 9.55 Å². The fourth-order valence-corrected chi connectivity index (χ4v) is 5.04. The number of benzene rings is 3. The molecule has 0 amide bonds. The van der Waals surface area contributed by atoms with Gasteiger partial charge in [0.25, 0.3) is 0 Å². The van der Waals surface area contributed by atoms with E-state index < -0.39 is 0 Å². The van der Waals surface area contributed by atoms with Crippen molar-refractivity contribution in [2.75, 3.05) is 0 Å². The standard InChI is InChI=1S/C26H20N2/c1-26(2)21-11-5-3-9-17(21)19-14-15-20-18-10-4-6-12-22(18)28(25(20)24(19)26)23-13-7-8-16-27-23/h3-16H,1-2H3. The lowest BCUT2D eigenvalue weighted by Crippen LogP contribution is -2.16. The van der Waals surface area contributed by atoms with Gasteiger partial charge in [0.15, 0.2) is 0 Å². The summed E-state index contributed by atoms with van der Waals surface area (Å²) in [4.78, 5) is 4.71. The molecule has 5 aromatic rings. The summed E-state index contributed by atoms with van der Waals surface area (Å²) in [5.41, 5.74) is 7.90. The van der Waals surface area contributed by atoms with Crippen LogP contribution in [0.15, 0.2) is 85.1 Å². The fraction of sp³-hybridized carbons (Fsp3) is 0.115. The van der Waals surface area contributed by atoms with Gasteiger partial charge in [-0.3, -0.25) is 4.57 Å². The lowest BCUT2D eigenvalue weighted by Gasteiger charge is -2.23. The zero-order valence-electron chi connectivity index (χ0n) is 16.0. The Labute approximate surface area is 164 Å². The second-order valence-corrected chi connectivity index (χ2v) is 8.10. The second-order valence-electron chi connectivity index (χ2n) is 8.10. The highest BCUT2D eigenvalue weighted by atomic mass is 15.1. The maximum Gasteiger partial charge on any atom is 0.137 e. The Balaban J connectivity index is 1.86. The lowest BCUT2D eigenvalue weighted by molar-refractivity contribution is 0.663. The highest BCUT2D eigenvalue weighted by molar-refractivity contribution is 6.12. The van der Waals surface area contributed by atoms with Gasteiger partial charge in [-0.25, -0.2) is 4.98 Å². The van der Waals surface area contributed by atoms with Crippen LogP contribution in [0.4, 0.5) is 0 Å². The summed E-state index contributed by atoms with van der Waals surface area (Å²) in [6.07, 6.45) is 1.87. The summed E-state index contributed by atoms with van der Waals surface area (Å²) in [6, 6.07) is 28.2. The summed E-state index contributed by atoms with van der Waals surface area (Å²) in [5.74, 6) is 0.967. The Morgan fingerprint density at radius 2 is 1.50 bits per heavy atom. The van der Waals surface area contributed by atoms with E-state index in [1.807, 2.05) is 12.3 Å². The van der Waals surface area contributed by atoms with Crippen molar-refractivity contribution in [2.45, 2.75) is 19.3 Å². The first kappa shape index (κ1) is 15.6. The molecule has 2 aromatic heterocycles. The number of fused-ring (bicyclic) bond motifs is 7. The van der Waals surface area contributed by atoms with Gasteiger partial charge in [0.2, 0.25) is 0 Å². The monoisotopic (exact) mass is 360 g/mol. The van der Waals surface area contributed by atoms with E-state index in [2.05, 4.69) is 91.2 Å². The minimum absolute atomic E-state index is 0.0632. The Kier molecular flexibility index (Phi) is 2.98. The van der Waals surface area contributed by atoms with Crippen LogP contribution in [0, 0.1) is 0 Å². The Hall–Kier alpha value is -3.39. The Bertz CT molecular complexity index is 1370. The number of rotatable bonds is 1. The van der Waals surface area contributed by atoms with Gasteiger partial charge >= 0.3 is 0 Å². The molecule has 0 saturated carbocycles. The molecule has 6 rings (SSSR count). The molecule has 0 fully saturated rings. The largest absolute Gasteiger partial charge is 0.293 e. The van der Waals surface area contributed by atoms with Crippen molar-refractivity contribution in [3.8, 4) is 16.9 Å². The second kappa shape index (κ2) is 5.32. The molecular weight excluding hydrogens is 340 g/mol. The number of hydrogen-bond acceptors (Lipinski definition) is 1. The van der Waals surface area contributed by atoms with E-state index in [9.17, 15) is 0 Å². The first-order valence-electron chi connectivity index (χ1n) is 9.76. The number of hydrogen-bond donors (Lipinski definition) is 0. The van der Waals surface area contributed by atoms with Crippen LogP contribution >= 0.6 is 0 Å². The van der Waals surface area contributed by atoms with E-state index in [4.69, 9.17) is 4.98 Å². The molecule has 2 nitrogen and oxygen atoms in total. The topological polar surface area (TPSA) is 17.8 Å². The smallest absolute Gasteiger partial charge is 0.137 e. The molecule has 3 aromatic carbocycles. The molecule has 1 aliphatic carbocycles. The molecular formula is C26H20N2. The molecule has 0 unspecified atom stereocenters. The van der Waals surface area contributed by atoms with Gasteiger partial charge in [-0.2, -0.15) is 0 Å². The van der Waals surface area contributed by atoms with Crippen molar-refractivity contribution in [1.29, 1.82) is 0 Å². The van der Waals surface area contributed by atoms with E-state index in [1.165, 1.54) is 44.1 Å². The third-order valence-electron chi connectivity index (χ3n) is 6.23.